The number of likely N-dealkylation sites (N-methyl/N-ethyl adjacent to an activating group) is 1. The van der Waals surface area contributed by atoms with Gasteiger partial charge in [0.15, 0.2) is 0 Å². The predicted octanol–water partition coefficient (Wildman–Crippen LogP) is 4.03. The fourth-order valence-corrected chi connectivity index (χ4v) is 4.66. The Bertz CT molecular complexity index is 398. The van der Waals surface area contributed by atoms with Gasteiger partial charge in [-0.15, -0.1) is 0 Å². The van der Waals surface area contributed by atoms with Gasteiger partial charge < -0.3 is 5.32 Å². The summed E-state index contributed by atoms with van der Waals surface area (Å²) in [7, 11) is 0. The molecule has 1 saturated heterocycles. The molecule has 19 heavy (non-hydrogen) atoms. The van der Waals surface area contributed by atoms with E-state index in [2.05, 4.69) is 56.9 Å². The van der Waals surface area contributed by atoms with E-state index in [1.807, 2.05) is 0 Å². The van der Waals surface area contributed by atoms with Crippen LogP contribution in [0.2, 0.25) is 0 Å². The number of hydrogen-bond acceptors (Lipinski definition) is 2. The van der Waals surface area contributed by atoms with Crippen LogP contribution in [0.5, 0.6) is 0 Å². The smallest absolute Gasteiger partial charge is 0.0226 e. The minimum absolute atomic E-state index is 0.637. The topological polar surface area (TPSA) is 12.0 Å². The Kier molecular flexibility index (Phi) is 5.35. The van der Waals surface area contributed by atoms with Gasteiger partial charge in [-0.2, -0.15) is 11.8 Å². The highest BCUT2D eigenvalue weighted by Crippen LogP contribution is 2.31. The van der Waals surface area contributed by atoms with Crippen LogP contribution in [0.4, 0.5) is 0 Å². The lowest BCUT2D eigenvalue weighted by Crippen LogP contribution is -2.39. The van der Waals surface area contributed by atoms with Gasteiger partial charge in [-0.25, -0.2) is 0 Å². The molecule has 2 heteroatoms. The summed E-state index contributed by atoms with van der Waals surface area (Å²) < 4.78 is 0. The van der Waals surface area contributed by atoms with Crippen molar-refractivity contribution in [2.75, 3.05) is 12.3 Å². The lowest BCUT2D eigenvalue weighted by atomic mass is 9.92. The van der Waals surface area contributed by atoms with Gasteiger partial charge >= 0.3 is 0 Å². The molecule has 0 spiro atoms. The first-order valence-corrected chi connectivity index (χ1v) is 8.58. The second-order valence-electron chi connectivity index (χ2n) is 5.80. The molecule has 1 N–H and O–H groups in total. The molecule has 1 nitrogen and oxygen atoms in total. The van der Waals surface area contributed by atoms with Crippen LogP contribution in [-0.2, 0) is 6.42 Å². The molecule has 2 rings (SSSR count). The molecule has 1 aliphatic heterocycles. The largest absolute Gasteiger partial charge is 0.313 e. The predicted molar refractivity (Wildman–Crippen MR) is 87.3 cm³/mol. The Balaban J connectivity index is 2.16. The molecule has 1 aromatic rings. The third-order valence-corrected chi connectivity index (χ3v) is 5.66. The summed E-state index contributed by atoms with van der Waals surface area (Å²) in [6.07, 6.45) is 3.96. The summed E-state index contributed by atoms with van der Waals surface area (Å²) in [5.41, 5.74) is 5.87. The highest BCUT2D eigenvalue weighted by Gasteiger charge is 2.25. The fraction of sp³-hybridized carbons (Fsp3) is 0.647. The van der Waals surface area contributed by atoms with E-state index < -0.39 is 0 Å². The minimum atomic E-state index is 0.637. The molecule has 0 aliphatic carbocycles. The van der Waals surface area contributed by atoms with Gasteiger partial charge in [-0.1, -0.05) is 24.6 Å². The highest BCUT2D eigenvalue weighted by atomic mass is 32.2. The zero-order valence-electron chi connectivity index (χ0n) is 12.8. The number of aryl methyl sites for hydroxylation is 3. The van der Waals surface area contributed by atoms with Crippen molar-refractivity contribution < 1.29 is 0 Å². The lowest BCUT2D eigenvalue weighted by molar-refractivity contribution is 0.494. The van der Waals surface area contributed by atoms with E-state index in [9.17, 15) is 0 Å². The summed E-state index contributed by atoms with van der Waals surface area (Å²) in [5, 5.41) is 4.53. The number of thioether (sulfide) groups is 1. The van der Waals surface area contributed by atoms with Gasteiger partial charge in [0.2, 0.25) is 0 Å². The molecule has 106 valence electrons. The Morgan fingerprint density at radius 3 is 2.47 bits per heavy atom. The summed E-state index contributed by atoms with van der Waals surface area (Å²) in [5.74, 6) is 1.35. The summed E-state index contributed by atoms with van der Waals surface area (Å²) >= 11 is 2.16. The molecule has 1 fully saturated rings. The van der Waals surface area contributed by atoms with Crippen molar-refractivity contribution in [3.8, 4) is 0 Å². The van der Waals surface area contributed by atoms with Crippen LogP contribution in [0.15, 0.2) is 12.1 Å². The number of rotatable bonds is 5. The second kappa shape index (κ2) is 6.81. The molecule has 1 aliphatic rings. The van der Waals surface area contributed by atoms with Crippen LogP contribution >= 0.6 is 11.8 Å². The van der Waals surface area contributed by atoms with E-state index in [1.165, 1.54) is 41.7 Å². The first kappa shape index (κ1) is 14.9. The maximum absolute atomic E-state index is 3.72. The number of benzene rings is 1. The lowest BCUT2D eigenvalue weighted by Gasteiger charge is -2.25. The quantitative estimate of drug-likeness (QED) is 0.872. The van der Waals surface area contributed by atoms with Crippen LogP contribution in [0, 0.1) is 20.8 Å². The van der Waals surface area contributed by atoms with Crippen LogP contribution in [0.1, 0.15) is 42.0 Å². The molecule has 0 radical (unpaired) electrons. The maximum Gasteiger partial charge on any atom is 0.0226 e. The molecule has 2 atom stereocenters. The van der Waals surface area contributed by atoms with Crippen LogP contribution in [-0.4, -0.2) is 23.6 Å². The zero-order chi connectivity index (χ0) is 13.8. The van der Waals surface area contributed by atoms with Crippen LogP contribution in [0.25, 0.3) is 0 Å². The molecule has 0 bridgehead atoms. The van der Waals surface area contributed by atoms with Gasteiger partial charge in [0.1, 0.15) is 0 Å². The molecule has 2 unspecified atom stereocenters. The third-order valence-electron chi connectivity index (χ3n) is 4.14. The van der Waals surface area contributed by atoms with E-state index in [1.54, 1.807) is 5.56 Å². The van der Waals surface area contributed by atoms with E-state index in [0.717, 1.165) is 11.8 Å². The number of hydrogen-bond donors (Lipinski definition) is 1. The summed E-state index contributed by atoms with van der Waals surface area (Å²) in [6.45, 7) is 10.0. The Labute approximate surface area is 122 Å². The maximum atomic E-state index is 3.72. The van der Waals surface area contributed by atoms with E-state index in [-0.39, 0.29) is 0 Å². The van der Waals surface area contributed by atoms with Crippen molar-refractivity contribution in [1.82, 2.24) is 5.32 Å². The van der Waals surface area contributed by atoms with Crippen molar-refractivity contribution in [1.29, 1.82) is 0 Å². The zero-order valence-corrected chi connectivity index (χ0v) is 13.6. The average Bonchev–Trinajstić information content (AvgIpc) is 2.85. The number of nitrogens with one attached hydrogen (secondary N) is 1. The Morgan fingerprint density at radius 1 is 1.26 bits per heavy atom. The molecular formula is C17H27NS. The third kappa shape index (κ3) is 3.76. The van der Waals surface area contributed by atoms with Gasteiger partial charge in [-0.3, -0.25) is 0 Å². The second-order valence-corrected chi connectivity index (χ2v) is 7.14. The van der Waals surface area contributed by atoms with E-state index >= 15 is 0 Å². The van der Waals surface area contributed by atoms with Gasteiger partial charge in [0.25, 0.3) is 0 Å². The minimum Gasteiger partial charge on any atom is -0.313 e. The Hall–Kier alpha value is -0.470. The van der Waals surface area contributed by atoms with Gasteiger partial charge in [0, 0.05) is 11.3 Å². The first-order chi connectivity index (χ1) is 9.11. The highest BCUT2D eigenvalue weighted by molar-refractivity contribution is 8.00. The summed E-state index contributed by atoms with van der Waals surface area (Å²) in [6, 6.07) is 5.29. The van der Waals surface area contributed by atoms with Gasteiger partial charge in [-0.05, 0) is 69.0 Å². The van der Waals surface area contributed by atoms with Crippen molar-refractivity contribution in [3.63, 3.8) is 0 Å². The van der Waals surface area contributed by atoms with Gasteiger partial charge in [0.05, 0.1) is 0 Å². The van der Waals surface area contributed by atoms with Crippen LogP contribution < -0.4 is 5.32 Å². The van der Waals surface area contributed by atoms with Crippen LogP contribution in [0.3, 0.4) is 0 Å². The molecular weight excluding hydrogens is 250 g/mol. The molecule has 0 aromatic heterocycles. The normalized spacial score (nSPS) is 20.7. The van der Waals surface area contributed by atoms with Crippen molar-refractivity contribution in [2.45, 2.75) is 58.2 Å². The van der Waals surface area contributed by atoms with Crippen molar-refractivity contribution >= 4 is 11.8 Å². The van der Waals surface area contributed by atoms with E-state index in [4.69, 9.17) is 0 Å². The fourth-order valence-electron chi connectivity index (χ4n) is 3.27. The first-order valence-electron chi connectivity index (χ1n) is 7.53. The van der Waals surface area contributed by atoms with E-state index in [0.29, 0.717) is 6.04 Å². The monoisotopic (exact) mass is 277 g/mol. The van der Waals surface area contributed by atoms with Crippen molar-refractivity contribution in [2.24, 2.45) is 0 Å². The SMILES string of the molecule is CCNC(Cc1c(C)cc(C)cc1C)C1CCCS1. The molecule has 0 amide bonds. The van der Waals surface area contributed by atoms with Crippen molar-refractivity contribution in [3.05, 3.63) is 34.4 Å². The molecule has 1 aromatic carbocycles. The average molecular weight is 277 g/mol. The summed E-state index contributed by atoms with van der Waals surface area (Å²) in [4.78, 5) is 0. The standard InChI is InChI=1S/C17H27NS/c1-5-18-16(17-7-6-8-19-17)11-15-13(3)9-12(2)10-14(15)4/h9-10,16-18H,5-8,11H2,1-4H3. The molecule has 1 heterocycles. The Morgan fingerprint density at radius 2 is 1.95 bits per heavy atom. The molecule has 0 saturated carbocycles.